The Kier molecular flexibility index (Phi) is 35.7. The summed E-state index contributed by atoms with van der Waals surface area (Å²) in [6.45, 7) is 11.4. The van der Waals surface area contributed by atoms with E-state index >= 15 is 0 Å². The standard InChI is InChI=1S/C13H13N.C10H6BBr3N2O2.C7H14N.C3H8.C2H2.CH4.2CH3.H2O.Pt/c1-3-5-11-7-8-12-6-4-9-14-13(12)10(11)2;11-5-6(12)7(13)8(14)9-10(5)16(3-15-9)2-1-4(17)18;1-6-4-2-3-5-7(6)8;1-3-2;1-2;;;;;/h3-9H,1-2H3;1-3H2;6-8H,2-5H2,1H3;3H2,1-2H3;1-2H;1H4;2*1H3;1H2;/q;;-1;;;;2*-1;;/p+1/b5-3-;;;;;;;;;/t;;6-,7-;;;;;;;/m..0......./s1. The number of halogens is 3. The molecular formula is C38H56BBr3N4O3Pt-2. The van der Waals surface area contributed by atoms with Crippen LogP contribution in [0.15, 0.2) is 54.9 Å². The molecule has 1 saturated carbocycles. The number of hydrogen-bond donors (Lipinski definition) is 1. The monoisotopic (exact) mass is 1060 g/mol. The number of allylic oxidation sites excluding steroid dienone is 1. The van der Waals surface area contributed by atoms with E-state index in [4.69, 9.17) is 18.7 Å². The minimum atomic E-state index is -0.836. The van der Waals surface area contributed by atoms with Gasteiger partial charge in [-0.05, 0) is 84.3 Å². The number of nitrogens with zero attached hydrogens (tertiary/aromatic N) is 3. The Bertz CT molecular complexity index is 1590. The second-order valence-corrected chi connectivity index (χ2v) is 13.1. The summed E-state index contributed by atoms with van der Waals surface area (Å²) in [4.78, 5) is 19.4. The Hall–Kier alpha value is -1.67. The smallest absolute Gasteiger partial charge is 0.309 e. The number of benzene rings is 2. The average Bonchev–Trinajstić information content (AvgIpc) is 3.47. The van der Waals surface area contributed by atoms with Crippen LogP contribution < -0.4 is 20.8 Å². The molecule has 2 radical (unpaired) electrons. The van der Waals surface area contributed by atoms with E-state index in [1.54, 1.807) is 0 Å². The van der Waals surface area contributed by atoms with Crippen LogP contribution in [-0.2, 0) is 25.9 Å². The van der Waals surface area contributed by atoms with E-state index in [0.29, 0.717) is 24.6 Å². The fraction of sp³-hybridized carbons (Fsp3) is 0.421. The summed E-state index contributed by atoms with van der Waals surface area (Å²) in [6.07, 6.45) is 20.4. The molecule has 1 aliphatic carbocycles. The van der Waals surface area contributed by atoms with E-state index in [1.165, 1.54) is 42.2 Å². The Labute approximate surface area is 343 Å². The maximum Gasteiger partial charge on any atom is 0.309 e. The van der Waals surface area contributed by atoms with Crippen molar-refractivity contribution in [3.8, 4) is 12.8 Å². The van der Waals surface area contributed by atoms with Crippen molar-refractivity contribution in [1.82, 2.24) is 9.56 Å². The average molecular weight is 1060 g/mol. The fourth-order valence-electron chi connectivity index (χ4n) is 4.74. The zero-order valence-corrected chi connectivity index (χ0v) is 36.8. The maximum absolute atomic E-state index is 10.6. The maximum atomic E-state index is 10.6. The summed E-state index contributed by atoms with van der Waals surface area (Å²) in [6, 6.07) is 8.57. The van der Waals surface area contributed by atoms with Crippen LogP contribution in [0, 0.1) is 40.5 Å². The first-order valence-electron chi connectivity index (χ1n) is 15.1. The van der Waals surface area contributed by atoms with Crippen LogP contribution in [0.4, 0.5) is 0 Å². The Balaban J connectivity index is -0.000000190. The summed E-state index contributed by atoms with van der Waals surface area (Å²) >= 11 is 10.3. The van der Waals surface area contributed by atoms with Gasteiger partial charge in [0.05, 0.1) is 9.99 Å². The third-order valence-corrected chi connectivity index (χ3v) is 10.6. The number of terminal acetylenes is 1. The molecule has 7 nitrogen and oxygen atoms in total. The molecule has 0 bridgehead atoms. The first kappa shape index (κ1) is 57.7. The molecular weight excluding hydrogens is 1010 g/mol. The number of aliphatic carboxylic acids is 1. The third-order valence-electron chi connectivity index (χ3n) is 7.15. The Morgan fingerprint density at radius 3 is 2.18 bits per heavy atom. The van der Waals surface area contributed by atoms with Crippen LogP contribution in [0.5, 0.6) is 0 Å². The van der Waals surface area contributed by atoms with Gasteiger partial charge in [0.1, 0.15) is 19.6 Å². The molecule has 0 unspecified atom stereocenters. The predicted molar refractivity (Wildman–Crippen MR) is 225 cm³/mol. The number of rotatable bonds is 4. The van der Waals surface area contributed by atoms with Gasteiger partial charge in [0.25, 0.3) is 0 Å². The molecule has 0 amide bonds. The van der Waals surface area contributed by atoms with E-state index in [9.17, 15) is 4.79 Å². The van der Waals surface area contributed by atoms with Crippen molar-refractivity contribution in [2.75, 3.05) is 13.2 Å². The van der Waals surface area contributed by atoms with Gasteiger partial charge >= 0.3 is 5.97 Å². The van der Waals surface area contributed by atoms with Gasteiger partial charge in [-0.1, -0.05) is 96.6 Å². The van der Waals surface area contributed by atoms with Crippen LogP contribution in [0.1, 0.15) is 84.8 Å². The molecule has 2 aromatic carbocycles. The third kappa shape index (κ3) is 17.2. The van der Waals surface area contributed by atoms with Crippen molar-refractivity contribution in [3.05, 3.63) is 92.4 Å². The Morgan fingerprint density at radius 1 is 1.10 bits per heavy atom. The number of hydrogen-bond acceptors (Lipinski definition) is 3. The summed E-state index contributed by atoms with van der Waals surface area (Å²) in [5.41, 5.74) is 11.6. The SMILES string of the molecule is C.C#C.C/C=C\c1ccc2cccnc2c1C.CCC.C[C@H]1CCCC[C@@H]1[NH-].O.[B]c1c(Br)c(Br)c(Br)c2c1=[N+](CCC(=O)O)CN=2.[CH3-].[CH3-].[Pt]. The molecule has 5 rings (SSSR count). The molecule has 50 heavy (non-hydrogen) atoms. The topological polar surface area (TPSA) is 121 Å². The molecule has 282 valence electrons. The van der Waals surface area contributed by atoms with Crippen molar-refractivity contribution in [2.24, 2.45) is 10.9 Å². The van der Waals surface area contributed by atoms with Crippen molar-refractivity contribution in [1.29, 1.82) is 0 Å². The zero-order valence-electron chi connectivity index (χ0n) is 29.7. The van der Waals surface area contributed by atoms with Crippen molar-refractivity contribution >= 4 is 84.0 Å². The van der Waals surface area contributed by atoms with E-state index in [0.717, 1.165) is 36.1 Å². The van der Waals surface area contributed by atoms with Crippen LogP contribution in [0.25, 0.3) is 22.7 Å². The normalized spacial score (nSPS) is 14.7. The summed E-state index contributed by atoms with van der Waals surface area (Å²) in [5.74, 6) is -0.166. The van der Waals surface area contributed by atoms with Crippen LogP contribution in [0.3, 0.4) is 0 Å². The number of nitrogens with one attached hydrogen (secondary N) is 1. The molecule has 2 atom stereocenters. The van der Waals surface area contributed by atoms with E-state index in [2.05, 4.69) is 129 Å². The van der Waals surface area contributed by atoms with Crippen LogP contribution in [-0.4, -0.2) is 48.6 Å². The number of pyridine rings is 1. The minimum Gasteiger partial charge on any atom is -0.674 e. The summed E-state index contributed by atoms with van der Waals surface area (Å²) in [5, 5.41) is 11.5. The molecule has 2 heterocycles. The molecule has 3 aromatic rings. The number of carboxylic acids is 1. The van der Waals surface area contributed by atoms with Gasteiger partial charge in [0, 0.05) is 41.6 Å². The molecule has 1 fully saturated rings. The number of carboxylic acid groups (broad SMARTS) is 1. The largest absolute Gasteiger partial charge is 0.674 e. The predicted octanol–water partition coefficient (Wildman–Crippen LogP) is 8.89. The molecule has 4 N–H and O–H groups in total. The quantitative estimate of drug-likeness (QED) is 0.0925. The first-order valence-corrected chi connectivity index (χ1v) is 17.5. The van der Waals surface area contributed by atoms with E-state index < -0.39 is 5.97 Å². The van der Waals surface area contributed by atoms with Crippen molar-refractivity contribution < 1.29 is 36.4 Å². The van der Waals surface area contributed by atoms with Crippen LogP contribution in [0.2, 0.25) is 0 Å². The molecule has 1 aliphatic heterocycles. The minimum absolute atomic E-state index is 0. The zero-order chi connectivity index (χ0) is 34.1. The van der Waals surface area contributed by atoms with Gasteiger partial charge in [-0.25, -0.2) is 9.57 Å². The van der Waals surface area contributed by atoms with Gasteiger partial charge in [-0.2, -0.15) is 0 Å². The summed E-state index contributed by atoms with van der Waals surface area (Å²) in [7, 11) is 6.05. The molecule has 0 spiro atoms. The molecule has 1 aromatic heterocycles. The van der Waals surface area contributed by atoms with Gasteiger partial charge in [0.2, 0.25) is 12.0 Å². The van der Waals surface area contributed by atoms with Gasteiger partial charge < -0.3 is 31.2 Å². The van der Waals surface area contributed by atoms with Crippen molar-refractivity contribution in [3.63, 3.8) is 0 Å². The second-order valence-electron chi connectivity index (χ2n) is 10.7. The van der Waals surface area contributed by atoms with E-state index in [-0.39, 0.29) is 61.3 Å². The van der Waals surface area contributed by atoms with Gasteiger partial charge in [-0.3, -0.25) is 9.78 Å². The molecule has 2 aliphatic rings. The van der Waals surface area contributed by atoms with Crippen LogP contribution >= 0.6 is 47.8 Å². The van der Waals surface area contributed by atoms with E-state index in [1.807, 2.05) is 23.8 Å². The first-order chi connectivity index (χ1) is 21.5. The van der Waals surface area contributed by atoms with Crippen molar-refractivity contribution in [2.45, 2.75) is 86.6 Å². The molecule has 0 saturated heterocycles. The number of aryl methyl sites for hydroxylation is 1. The molecule has 12 heteroatoms. The van der Waals surface area contributed by atoms with Gasteiger partial charge in [0.15, 0.2) is 6.54 Å². The van der Waals surface area contributed by atoms with Gasteiger partial charge in [-0.15, -0.1) is 18.9 Å². The fourth-order valence-corrected chi connectivity index (χ4v) is 6.31. The second kappa shape index (κ2) is 30.9. The number of fused-ring (bicyclic) bond motifs is 2. The number of aromatic nitrogens is 1. The number of carbonyl (C=O) groups is 1. The Morgan fingerprint density at radius 2 is 1.68 bits per heavy atom. The summed E-state index contributed by atoms with van der Waals surface area (Å²) < 4.78 is 4.23.